The van der Waals surface area contributed by atoms with Gasteiger partial charge in [-0.05, 0) is 52.0 Å². The maximum atomic E-state index is 13.1. The highest BCUT2D eigenvalue weighted by molar-refractivity contribution is 7.99. The lowest BCUT2D eigenvalue weighted by atomic mass is 10.1. The lowest BCUT2D eigenvalue weighted by Gasteiger charge is -2.20. The summed E-state index contributed by atoms with van der Waals surface area (Å²) in [6.07, 6.45) is -0.314. The maximum Gasteiger partial charge on any atom is 0.180 e. The molecule has 26 heavy (non-hydrogen) atoms. The van der Waals surface area contributed by atoms with Crippen molar-refractivity contribution in [3.63, 3.8) is 0 Å². The van der Waals surface area contributed by atoms with Crippen LogP contribution in [-0.2, 0) is 0 Å². The molecule has 0 N–H and O–H groups in total. The standard InChI is InChI=1S/C20H19FN2O2S/c1-12(2)24-18-9-14(10-22)20(17(11-23)19(18)25-13(3)4)26-16-7-5-15(21)6-8-16/h5-9,12-13H,1-4H3. The average Bonchev–Trinajstić information content (AvgIpc) is 2.58. The van der Waals surface area contributed by atoms with Gasteiger partial charge >= 0.3 is 0 Å². The summed E-state index contributed by atoms with van der Waals surface area (Å²) in [4.78, 5) is 1.18. The summed E-state index contributed by atoms with van der Waals surface area (Å²) >= 11 is 1.22. The fourth-order valence-electron chi connectivity index (χ4n) is 2.23. The van der Waals surface area contributed by atoms with Crippen LogP contribution in [0.1, 0.15) is 38.8 Å². The van der Waals surface area contributed by atoms with E-state index in [0.29, 0.717) is 26.9 Å². The Kier molecular flexibility index (Phi) is 6.49. The molecule has 0 aromatic heterocycles. The van der Waals surface area contributed by atoms with Crippen molar-refractivity contribution in [3.05, 3.63) is 47.3 Å². The van der Waals surface area contributed by atoms with Crippen molar-refractivity contribution in [2.75, 3.05) is 0 Å². The van der Waals surface area contributed by atoms with Gasteiger partial charge in [0.15, 0.2) is 11.5 Å². The SMILES string of the molecule is CC(C)Oc1cc(C#N)c(Sc2ccc(F)cc2)c(C#N)c1OC(C)C. The first-order valence-corrected chi connectivity index (χ1v) is 8.95. The van der Waals surface area contributed by atoms with Crippen LogP contribution in [0.15, 0.2) is 40.1 Å². The molecule has 134 valence electrons. The second kappa shape index (κ2) is 8.60. The van der Waals surface area contributed by atoms with Gasteiger partial charge in [0.1, 0.15) is 23.5 Å². The minimum Gasteiger partial charge on any atom is -0.487 e. The summed E-state index contributed by atoms with van der Waals surface area (Å²) in [5.41, 5.74) is 0.547. The Hall–Kier alpha value is -2.70. The number of nitriles is 2. The summed E-state index contributed by atoms with van der Waals surface area (Å²) in [6.45, 7) is 7.42. The van der Waals surface area contributed by atoms with E-state index in [2.05, 4.69) is 12.1 Å². The third kappa shape index (κ3) is 4.68. The van der Waals surface area contributed by atoms with Crippen molar-refractivity contribution < 1.29 is 13.9 Å². The first kappa shape index (κ1) is 19.6. The van der Waals surface area contributed by atoms with E-state index >= 15 is 0 Å². The molecule has 0 bridgehead atoms. The molecule has 0 fully saturated rings. The molecule has 2 rings (SSSR count). The van der Waals surface area contributed by atoms with Gasteiger partial charge in [-0.25, -0.2) is 4.39 Å². The lowest BCUT2D eigenvalue weighted by molar-refractivity contribution is 0.197. The van der Waals surface area contributed by atoms with E-state index in [1.54, 1.807) is 18.2 Å². The third-order valence-electron chi connectivity index (χ3n) is 3.18. The van der Waals surface area contributed by atoms with Gasteiger partial charge in [-0.1, -0.05) is 11.8 Å². The monoisotopic (exact) mass is 370 g/mol. The molecule has 6 heteroatoms. The van der Waals surface area contributed by atoms with Crippen molar-refractivity contribution in [2.45, 2.75) is 49.7 Å². The highest BCUT2D eigenvalue weighted by Crippen LogP contribution is 2.43. The number of rotatable bonds is 6. The van der Waals surface area contributed by atoms with Crippen molar-refractivity contribution in [2.24, 2.45) is 0 Å². The van der Waals surface area contributed by atoms with Crippen LogP contribution in [0.2, 0.25) is 0 Å². The Balaban J connectivity index is 2.63. The quantitative estimate of drug-likeness (QED) is 0.691. The van der Waals surface area contributed by atoms with Crippen LogP contribution in [-0.4, -0.2) is 12.2 Å². The Morgan fingerprint density at radius 2 is 1.58 bits per heavy atom. The summed E-state index contributed by atoms with van der Waals surface area (Å²) in [6, 6.07) is 11.7. The second-order valence-electron chi connectivity index (χ2n) is 6.07. The Morgan fingerprint density at radius 1 is 0.962 bits per heavy atom. The van der Waals surface area contributed by atoms with Crippen LogP contribution in [0.4, 0.5) is 4.39 Å². The first-order chi connectivity index (χ1) is 12.3. The van der Waals surface area contributed by atoms with Gasteiger partial charge in [-0.3, -0.25) is 0 Å². The van der Waals surface area contributed by atoms with Gasteiger partial charge in [0.25, 0.3) is 0 Å². The van der Waals surface area contributed by atoms with Crippen molar-refractivity contribution >= 4 is 11.8 Å². The number of hydrogen-bond donors (Lipinski definition) is 0. The van der Waals surface area contributed by atoms with E-state index in [9.17, 15) is 14.9 Å². The zero-order valence-electron chi connectivity index (χ0n) is 15.0. The molecular weight excluding hydrogens is 351 g/mol. The van der Waals surface area contributed by atoms with Crippen molar-refractivity contribution in [1.82, 2.24) is 0 Å². The zero-order valence-corrected chi connectivity index (χ0v) is 15.9. The number of hydrogen-bond acceptors (Lipinski definition) is 5. The molecule has 0 heterocycles. The number of benzene rings is 2. The molecule has 0 saturated carbocycles. The summed E-state index contributed by atoms with van der Waals surface area (Å²) < 4.78 is 24.7. The molecule has 2 aromatic rings. The van der Waals surface area contributed by atoms with E-state index in [1.165, 1.54) is 23.9 Å². The fourth-order valence-corrected chi connectivity index (χ4v) is 3.19. The van der Waals surface area contributed by atoms with Crippen LogP contribution in [0, 0.1) is 28.5 Å². The predicted octanol–water partition coefficient (Wildman–Crippen LogP) is 5.29. The van der Waals surface area contributed by atoms with Crippen LogP contribution in [0.5, 0.6) is 11.5 Å². The van der Waals surface area contributed by atoms with Gasteiger partial charge in [0, 0.05) is 11.0 Å². The molecule has 0 saturated heterocycles. The largest absolute Gasteiger partial charge is 0.487 e. The topological polar surface area (TPSA) is 66.0 Å². The minimum absolute atomic E-state index is 0.141. The van der Waals surface area contributed by atoms with Crippen LogP contribution >= 0.6 is 11.8 Å². The maximum absolute atomic E-state index is 13.1. The number of ether oxygens (including phenoxy) is 2. The van der Waals surface area contributed by atoms with E-state index < -0.39 is 0 Å². The van der Waals surface area contributed by atoms with E-state index in [0.717, 1.165) is 0 Å². The fraction of sp³-hybridized carbons (Fsp3) is 0.300. The summed E-state index contributed by atoms with van der Waals surface area (Å²) in [5.74, 6) is 0.338. The van der Waals surface area contributed by atoms with Crippen molar-refractivity contribution in [1.29, 1.82) is 10.5 Å². The summed E-state index contributed by atoms with van der Waals surface area (Å²) in [7, 11) is 0. The molecule has 0 aliphatic carbocycles. The van der Waals surface area contributed by atoms with E-state index in [-0.39, 0.29) is 23.6 Å². The smallest absolute Gasteiger partial charge is 0.180 e. The molecule has 4 nitrogen and oxygen atoms in total. The third-order valence-corrected chi connectivity index (χ3v) is 4.32. The lowest BCUT2D eigenvalue weighted by Crippen LogP contribution is -2.13. The van der Waals surface area contributed by atoms with Gasteiger partial charge in [0.2, 0.25) is 0 Å². The van der Waals surface area contributed by atoms with Crippen LogP contribution < -0.4 is 9.47 Å². The highest BCUT2D eigenvalue weighted by Gasteiger charge is 2.23. The second-order valence-corrected chi connectivity index (χ2v) is 7.15. The first-order valence-electron chi connectivity index (χ1n) is 8.13. The average molecular weight is 370 g/mol. The summed E-state index contributed by atoms with van der Waals surface area (Å²) in [5, 5.41) is 19.3. The molecule has 2 aromatic carbocycles. The number of nitrogens with zero attached hydrogens (tertiary/aromatic N) is 2. The molecule has 0 spiro atoms. The van der Waals surface area contributed by atoms with Crippen molar-refractivity contribution in [3.8, 4) is 23.6 Å². The Morgan fingerprint density at radius 3 is 2.08 bits per heavy atom. The molecule has 0 amide bonds. The normalized spacial score (nSPS) is 10.5. The van der Waals surface area contributed by atoms with Gasteiger partial charge < -0.3 is 9.47 Å². The molecule has 0 unspecified atom stereocenters. The van der Waals surface area contributed by atoms with Crippen LogP contribution in [0.3, 0.4) is 0 Å². The molecule has 0 aliphatic rings. The molecular formula is C20H19FN2O2S. The van der Waals surface area contributed by atoms with E-state index in [4.69, 9.17) is 9.47 Å². The van der Waals surface area contributed by atoms with E-state index in [1.807, 2.05) is 27.7 Å². The van der Waals surface area contributed by atoms with Gasteiger partial charge in [0.05, 0.1) is 22.7 Å². The van der Waals surface area contributed by atoms with Gasteiger partial charge in [-0.15, -0.1) is 0 Å². The molecule has 0 atom stereocenters. The molecule has 0 radical (unpaired) electrons. The highest BCUT2D eigenvalue weighted by atomic mass is 32.2. The Bertz CT molecular complexity index is 865. The number of halogens is 1. The van der Waals surface area contributed by atoms with Crippen LogP contribution in [0.25, 0.3) is 0 Å². The predicted molar refractivity (Wildman–Crippen MR) is 97.9 cm³/mol. The molecule has 0 aliphatic heterocycles. The minimum atomic E-state index is -0.347. The van der Waals surface area contributed by atoms with Gasteiger partial charge in [-0.2, -0.15) is 10.5 Å². The zero-order chi connectivity index (χ0) is 19.3. The Labute approximate surface area is 157 Å².